The predicted octanol–water partition coefficient (Wildman–Crippen LogP) is 13.8. The van der Waals surface area contributed by atoms with Gasteiger partial charge in [0, 0.05) is 19.5 Å². The van der Waals surface area contributed by atoms with Crippen LogP contribution in [0.4, 0.5) is 0 Å². The van der Waals surface area contributed by atoms with E-state index in [9.17, 15) is 4.79 Å². The lowest BCUT2D eigenvalue weighted by Crippen LogP contribution is -2.30. The maximum Gasteiger partial charge on any atom is 0.303 e. The van der Waals surface area contributed by atoms with Crippen LogP contribution in [0.25, 0.3) is 0 Å². The van der Waals surface area contributed by atoms with Crippen LogP contribution in [0.1, 0.15) is 251 Å². The first-order valence-corrected chi connectivity index (χ1v) is 22.8. The summed E-state index contributed by atoms with van der Waals surface area (Å²) in [6.07, 6.45) is 49.9. The Hall–Kier alpha value is -0.650. The number of nitrogens with zero attached hydrogens (tertiary/aromatic N) is 1. The molecule has 5 heteroatoms. The van der Waals surface area contributed by atoms with Crippen LogP contribution < -0.4 is 0 Å². The van der Waals surface area contributed by atoms with Gasteiger partial charge in [0.15, 0.2) is 0 Å². The van der Waals surface area contributed by atoms with E-state index in [2.05, 4.69) is 18.7 Å². The molecule has 0 bridgehead atoms. The molecule has 0 saturated heterocycles. The van der Waals surface area contributed by atoms with E-state index in [1.165, 1.54) is 218 Å². The topological polar surface area (TPSA) is 81.0 Å². The Kier molecular flexibility index (Phi) is 49.8. The third-order valence-corrected chi connectivity index (χ3v) is 10.4. The van der Waals surface area contributed by atoms with Crippen molar-refractivity contribution < 1.29 is 20.1 Å². The molecule has 0 heterocycles. The van der Waals surface area contributed by atoms with Crippen molar-refractivity contribution in [3.8, 4) is 0 Å². The lowest BCUT2D eigenvalue weighted by molar-refractivity contribution is -0.137. The molecule has 0 atom stereocenters. The van der Waals surface area contributed by atoms with Crippen molar-refractivity contribution >= 4 is 5.97 Å². The molecule has 0 saturated carbocycles. The second-order valence-electron chi connectivity index (χ2n) is 15.5. The third kappa shape index (κ3) is 49.5. The van der Waals surface area contributed by atoms with E-state index in [1.807, 2.05) is 0 Å². The van der Waals surface area contributed by atoms with Crippen LogP contribution in [0.3, 0.4) is 0 Å². The first-order valence-electron chi connectivity index (χ1n) is 22.8. The van der Waals surface area contributed by atoms with Gasteiger partial charge in [0.2, 0.25) is 0 Å². The van der Waals surface area contributed by atoms with Crippen molar-refractivity contribution in [3.63, 3.8) is 0 Å². The van der Waals surface area contributed by atoms with Crippen LogP contribution >= 0.6 is 0 Å². The molecule has 302 valence electrons. The van der Waals surface area contributed by atoms with E-state index in [0.29, 0.717) is 19.5 Å². The summed E-state index contributed by atoms with van der Waals surface area (Å²) in [6.45, 7) is 7.35. The Morgan fingerprint density at radius 3 is 0.780 bits per heavy atom. The quantitative estimate of drug-likeness (QED) is 0.0549. The number of carboxylic acid groups (broad SMARTS) is 1. The smallest absolute Gasteiger partial charge is 0.303 e. The summed E-state index contributed by atoms with van der Waals surface area (Å²) < 4.78 is 0. The number of hydrogen-bond acceptors (Lipinski definition) is 4. The van der Waals surface area contributed by atoms with Crippen molar-refractivity contribution in [2.45, 2.75) is 251 Å². The molecular weight excluding hydrogens is 618 g/mol. The average Bonchev–Trinajstić information content (AvgIpc) is 3.11. The van der Waals surface area contributed by atoms with Crippen molar-refractivity contribution in [1.29, 1.82) is 0 Å². The summed E-state index contributed by atoms with van der Waals surface area (Å²) in [7, 11) is 0. The number of aliphatic hydroxyl groups excluding tert-OH is 2. The van der Waals surface area contributed by atoms with Crippen molar-refractivity contribution in [2.24, 2.45) is 0 Å². The Bertz CT molecular complexity index is 596. The highest BCUT2D eigenvalue weighted by atomic mass is 16.4. The molecule has 0 aliphatic carbocycles. The summed E-state index contributed by atoms with van der Waals surface area (Å²) in [5, 5.41) is 26.5. The lowest BCUT2D eigenvalue weighted by atomic mass is 10.0. The number of rotatable bonds is 42. The molecule has 0 unspecified atom stereocenters. The van der Waals surface area contributed by atoms with Gasteiger partial charge in [-0.15, -0.1) is 0 Å². The van der Waals surface area contributed by atoms with E-state index < -0.39 is 5.97 Å². The monoisotopic (exact) mass is 712 g/mol. The molecule has 0 aliphatic rings. The van der Waals surface area contributed by atoms with Gasteiger partial charge in [-0.1, -0.05) is 232 Å². The van der Waals surface area contributed by atoms with Gasteiger partial charge in [0.1, 0.15) is 0 Å². The number of aliphatic carboxylic acids is 1. The number of carboxylic acids is 1. The van der Waals surface area contributed by atoms with Crippen LogP contribution in [0, 0.1) is 0 Å². The van der Waals surface area contributed by atoms with Gasteiger partial charge >= 0.3 is 5.97 Å². The maximum absolute atomic E-state index is 10.3. The maximum atomic E-state index is 10.3. The fourth-order valence-corrected chi connectivity index (χ4v) is 7.03. The summed E-state index contributed by atoms with van der Waals surface area (Å²) in [4.78, 5) is 12.5. The number of aliphatic hydroxyl groups is 2. The molecule has 0 amide bonds. The van der Waals surface area contributed by atoms with Gasteiger partial charge < -0.3 is 15.3 Å². The molecular formula is C45H93NO4. The zero-order chi connectivity index (χ0) is 36.9. The van der Waals surface area contributed by atoms with Gasteiger partial charge in [-0.05, 0) is 19.4 Å². The van der Waals surface area contributed by atoms with Crippen molar-refractivity contribution in [2.75, 3.05) is 32.8 Å². The van der Waals surface area contributed by atoms with Gasteiger partial charge in [0.05, 0.1) is 13.2 Å². The van der Waals surface area contributed by atoms with Crippen LogP contribution in [-0.4, -0.2) is 59.0 Å². The fourth-order valence-electron chi connectivity index (χ4n) is 7.03. The molecule has 0 aromatic carbocycles. The fraction of sp³-hybridized carbons (Fsp3) is 0.978. The zero-order valence-electron chi connectivity index (χ0n) is 34.4. The first kappa shape index (κ1) is 51.5. The van der Waals surface area contributed by atoms with Crippen LogP contribution in [0.2, 0.25) is 0 Å². The highest BCUT2D eigenvalue weighted by Gasteiger charge is 2.03. The standard InChI is InChI=1S/C28H59NO2.C17H34O2/c1-2-3-4-5-6-7-8-9-10-11-12-13-14-15-16-17-18-19-20-21-22-23-24-29(25-27-30)26-28-31;1-2-3-4-5-6-7-8-9-10-11-12-13-14-15-16-17(18)19/h30-31H,2-28H2,1H3;2-16H2,1H3,(H,18,19). The summed E-state index contributed by atoms with van der Waals surface area (Å²) >= 11 is 0. The minimum absolute atomic E-state index is 0.194. The minimum Gasteiger partial charge on any atom is -0.481 e. The van der Waals surface area contributed by atoms with Crippen LogP contribution in [0.15, 0.2) is 0 Å². The van der Waals surface area contributed by atoms with E-state index in [-0.39, 0.29) is 13.2 Å². The van der Waals surface area contributed by atoms with Crippen molar-refractivity contribution in [3.05, 3.63) is 0 Å². The zero-order valence-corrected chi connectivity index (χ0v) is 34.4. The van der Waals surface area contributed by atoms with E-state index in [1.54, 1.807) is 0 Å². The molecule has 0 aromatic rings. The highest BCUT2D eigenvalue weighted by Crippen LogP contribution is 2.16. The first-order chi connectivity index (χ1) is 24.6. The Morgan fingerprint density at radius 2 is 0.560 bits per heavy atom. The van der Waals surface area contributed by atoms with Crippen LogP contribution in [-0.2, 0) is 4.79 Å². The Balaban J connectivity index is 0. The molecule has 0 aliphatic heterocycles. The third-order valence-electron chi connectivity index (χ3n) is 10.4. The largest absolute Gasteiger partial charge is 0.481 e. The summed E-state index contributed by atoms with van der Waals surface area (Å²) in [6, 6.07) is 0. The van der Waals surface area contributed by atoms with E-state index in [4.69, 9.17) is 15.3 Å². The molecule has 50 heavy (non-hydrogen) atoms. The molecule has 0 radical (unpaired) electrons. The molecule has 5 nitrogen and oxygen atoms in total. The minimum atomic E-state index is -0.654. The SMILES string of the molecule is CCCCCCCCCCCCCCCCC(=O)O.CCCCCCCCCCCCCCCCCCCCCCCCN(CCO)CCO. The molecule has 0 fully saturated rings. The van der Waals surface area contributed by atoms with E-state index in [0.717, 1.165) is 19.4 Å². The molecule has 3 N–H and O–H groups in total. The summed E-state index contributed by atoms with van der Waals surface area (Å²) in [5.74, 6) is -0.654. The van der Waals surface area contributed by atoms with E-state index >= 15 is 0 Å². The molecule has 0 spiro atoms. The van der Waals surface area contributed by atoms with Gasteiger partial charge in [0.25, 0.3) is 0 Å². The average molecular weight is 712 g/mol. The summed E-state index contributed by atoms with van der Waals surface area (Å²) in [5.41, 5.74) is 0. The normalized spacial score (nSPS) is 11.3. The lowest BCUT2D eigenvalue weighted by Gasteiger charge is -2.19. The Morgan fingerprint density at radius 1 is 0.340 bits per heavy atom. The van der Waals surface area contributed by atoms with Gasteiger partial charge in [-0.25, -0.2) is 0 Å². The second kappa shape index (κ2) is 48.3. The van der Waals surface area contributed by atoms with Crippen molar-refractivity contribution in [1.82, 2.24) is 4.90 Å². The van der Waals surface area contributed by atoms with Gasteiger partial charge in [-0.3, -0.25) is 9.69 Å². The van der Waals surface area contributed by atoms with Crippen LogP contribution in [0.5, 0.6) is 0 Å². The Labute approximate surface area is 314 Å². The number of carbonyl (C=O) groups is 1. The molecule has 0 aromatic heterocycles. The second-order valence-corrected chi connectivity index (χ2v) is 15.5. The predicted molar refractivity (Wildman–Crippen MR) is 220 cm³/mol. The van der Waals surface area contributed by atoms with Gasteiger partial charge in [-0.2, -0.15) is 0 Å². The number of hydrogen-bond donors (Lipinski definition) is 3. The highest BCUT2D eigenvalue weighted by molar-refractivity contribution is 5.66. The number of unbranched alkanes of at least 4 members (excludes halogenated alkanes) is 34. The molecule has 0 rings (SSSR count).